The molecule has 116 valence electrons. The predicted octanol–water partition coefficient (Wildman–Crippen LogP) is 2.52. The number of oxazole rings is 1. The summed E-state index contributed by atoms with van der Waals surface area (Å²) in [5, 5.41) is 5.93. The third-order valence-electron chi connectivity index (χ3n) is 2.93. The highest BCUT2D eigenvalue weighted by atomic mass is 35.5. The van der Waals surface area contributed by atoms with E-state index in [2.05, 4.69) is 15.6 Å². The lowest BCUT2D eigenvalue weighted by atomic mass is 10.1. The highest BCUT2D eigenvalue weighted by molar-refractivity contribution is 5.94. The van der Waals surface area contributed by atoms with Crippen LogP contribution in [0.25, 0.3) is 11.3 Å². The van der Waals surface area contributed by atoms with Gasteiger partial charge >= 0.3 is 0 Å². The van der Waals surface area contributed by atoms with Gasteiger partial charge in [-0.05, 0) is 26.1 Å². The Kier molecular flexibility index (Phi) is 8.69. The molecule has 2 aromatic rings. The highest BCUT2D eigenvalue weighted by Gasteiger charge is 2.08. The monoisotopic (exact) mass is 331 g/mol. The summed E-state index contributed by atoms with van der Waals surface area (Å²) in [6.07, 6.45) is 3.03. The second-order valence-electron chi connectivity index (χ2n) is 4.34. The number of amides is 1. The van der Waals surface area contributed by atoms with Crippen LogP contribution in [0.2, 0.25) is 0 Å². The number of carbonyl (C=O) groups excluding carboxylic acids is 1. The number of hydrogen-bond donors (Lipinski definition) is 2. The van der Waals surface area contributed by atoms with Crippen molar-refractivity contribution in [3.8, 4) is 11.3 Å². The molecule has 0 fully saturated rings. The number of hydrogen-bond acceptors (Lipinski definition) is 4. The summed E-state index contributed by atoms with van der Waals surface area (Å²) in [7, 11) is 1.86. The predicted molar refractivity (Wildman–Crippen MR) is 87.3 cm³/mol. The molecule has 0 aliphatic rings. The molecule has 1 amide bonds. The number of halogens is 2. The topological polar surface area (TPSA) is 67.2 Å². The van der Waals surface area contributed by atoms with E-state index in [-0.39, 0.29) is 36.8 Å². The molecule has 1 atom stereocenters. The van der Waals surface area contributed by atoms with Crippen molar-refractivity contribution in [2.75, 3.05) is 13.6 Å². The van der Waals surface area contributed by atoms with Crippen molar-refractivity contribution in [1.82, 2.24) is 15.6 Å². The molecule has 0 radical (unpaired) electrons. The van der Waals surface area contributed by atoms with Crippen molar-refractivity contribution in [3.05, 3.63) is 42.4 Å². The minimum atomic E-state index is -0.0776. The van der Waals surface area contributed by atoms with Gasteiger partial charge in [0, 0.05) is 23.7 Å². The lowest BCUT2D eigenvalue weighted by Crippen LogP contribution is -2.37. The zero-order valence-electron chi connectivity index (χ0n) is 11.8. The zero-order chi connectivity index (χ0) is 13.7. The van der Waals surface area contributed by atoms with E-state index in [0.717, 1.165) is 5.56 Å². The summed E-state index contributed by atoms with van der Waals surface area (Å²) in [5.41, 5.74) is 1.53. The molecule has 1 aromatic heterocycles. The van der Waals surface area contributed by atoms with Gasteiger partial charge in [-0.1, -0.05) is 12.1 Å². The number of nitrogens with zero attached hydrogens (tertiary/aromatic N) is 1. The van der Waals surface area contributed by atoms with Gasteiger partial charge in [-0.25, -0.2) is 4.98 Å². The lowest BCUT2D eigenvalue weighted by molar-refractivity contribution is 0.0950. The van der Waals surface area contributed by atoms with Gasteiger partial charge in [0.05, 0.1) is 6.20 Å². The Hall–Kier alpha value is -1.56. The normalized spacial score (nSPS) is 11.0. The Bertz CT molecular complexity index is 530. The summed E-state index contributed by atoms with van der Waals surface area (Å²) in [4.78, 5) is 15.7. The first-order chi connectivity index (χ1) is 9.20. The average Bonchev–Trinajstić information content (AvgIpc) is 2.98. The average molecular weight is 332 g/mol. The van der Waals surface area contributed by atoms with Crippen LogP contribution in [0.5, 0.6) is 0 Å². The van der Waals surface area contributed by atoms with Crippen molar-refractivity contribution in [3.63, 3.8) is 0 Å². The second-order valence-corrected chi connectivity index (χ2v) is 4.34. The van der Waals surface area contributed by atoms with Crippen LogP contribution in [0.1, 0.15) is 17.3 Å². The lowest BCUT2D eigenvalue weighted by Gasteiger charge is -2.11. The molecule has 0 aliphatic heterocycles. The van der Waals surface area contributed by atoms with Crippen LogP contribution in [0.3, 0.4) is 0 Å². The van der Waals surface area contributed by atoms with Crippen LogP contribution in [0.4, 0.5) is 0 Å². The first-order valence-corrected chi connectivity index (χ1v) is 6.15. The Labute approximate surface area is 136 Å². The second kappa shape index (κ2) is 9.39. The zero-order valence-corrected chi connectivity index (χ0v) is 13.5. The minimum Gasteiger partial charge on any atom is -0.444 e. The third kappa shape index (κ3) is 5.38. The molecule has 0 aliphatic carbocycles. The molecular weight excluding hydrogens is 313 g/mol. The Morgan fingerprint density at radius 3 is 2.48 bits per heavy atom. The van der Waals surface area contributed by atoms with Crippen LogP contribution >= 0.6 is 24.8 Å². The van der Waals surface area contributed by atoms with Gasteiger partial charge in [0.25, 0.3) is 5.91 Å². The van der Waals surface area contributed by atoms with Crippen LogP contribution < -0.4 is 10.6 Å². The van der Waals surface area contributed by atoms with E-state index in [1.165, 1.54) is 6.39 Å². The highest BCUT2D eigenvalue weighted by Crippen LogP contribution is 2.18. The first-order valence-electron chi connectivity index (χ1n) is 6.15. The number of carbonyl (C=O) groups is 1. The Balaban J connectivity index is 0.00000200. The van der Waals surface area contributed by atoms with Crippen molar-refractivity contribution >= 4 is 30.7 Å². The smallest absolute Gasteiger partial charge is 0.251 e. The largest absolute Gasteiger partial charge is 0.444 e. The summed E-state index contributed by atoms with van der Waals surface area (Å²) >= 11 is 0. The molecule has 0 saturated heterocycles. The molecule has 21 heavy (non-hydrogen) atoms. The van der Waals surface area contributed by atoms with Gasteiger partial charge in [0.2, 0.25) is 0 Å². The van der Waals surface area contributed by atoms with E-state index in [1.807, 2.05) is 26.1 Å². The van der Waals surface area contributed by atoms with E-state index in [9.17, 15) is 4.79 Å². The minimum absolute atomic E-state index is 0. The molecular formula is C14H19Cl2N3O2. The van der Waals surface area contributed by atoms with Crippen molar-refractivity contribution in [2.24, 2.45) is 0 Å². The van der Waals surface area contributed by atoms with Crippen LogP contribution in [0, 0.1) is 0 Å². The first kappa shape index (κ1) is 19.4. The fraction of sp³-hybridized carbons (Fsp3) is 0.286. The van der Waals surface area contributed by atoms with Crippen molar-refractivity contribution in [1.29, 1.82) is 0 Å². The standard InChI is InChI=1S/C14H17N3O2.2ClH/c1-10(15-2)7-17-14(18)12-5-3-11(4-6-12)13-8-16-9-19-13;;/h3-6,8-10,15H,7H2,1-2H3,(H,17,18);2*1H. The molecule has 5 nitrogen and oxygen atoms in total. The number of aromatic nitrogens is 1. The molecule has 2 N–H and O–H groups in total. The maximum atomic E-state index is 11.9. The van der Waals surface area contributed by atoms with E-state index in [0.29, 0.717) is 17.9 Å². The SMILES string of the molecule is CNC(C)CNC(=O)c1ccc(-c2cnco2)cc1.Cl.Cl. The number of nitrogens with one attached hydrogen (secondary N) is 2. The van der Waals surface area contributed by atoms with Crippen molar-refractivity contribution in [2.45, 2.75) is 13.0 Å². The number of benzene rings is 1. The quantitative estimate of drug-likeness (QED) is 0.883. The summed E-state index contributed by atoms with van der Waals surface area (Å²) in [6.45, 7) is 2.60. The van der Waals surface area contributed by atoms with Crippen LogP contribution in [0.15, 0.2) is 41.3 Å². The Morgan fingerprint density at radius 2 is 1.95 bits per heavy atom. The maximum Gasteiger partial charge on any atom is 0.251 e. The van der Waals surface area contributed by atoms with Gasteiger partial charge in [0.1, 0.15) is 0 Å². The van der Waals surface area contributed by atoms with E-state index >= 15 is 0 Å². The van der Waals surface area contributed by atoms with E-state index in [1.54, 1.807) is 18.3 Å². The number of likely N-dealkylation sites (N-methyl/N-ethyl adjacent to an activating group) is 1. The fourth-order valence-corrected chi connectivity index (χ4v) is 1.59. The summed E-state index contributed by atoms with van der Waals surface area (Å²) in [5.74, 6) is 0.613. The van der Waals surface area contributed by atoms with Crippen LogP contribution in [-0.2, 0) is 0 Å². The van der Waals surface area contributed by atoms with Crippen molar-refractivity contribution < 1.29 is 9.21 Å². The molecule has 1 heterocycles. The van der Waals surface area contributed by atoms with Gasteiger partial charge in [-0.15, -0.1) is 24.8 Å². The van der Waals surface area contributed by atoms with Gasteiger partial charge in [0.15, 0.2) is 12.2 Å². The van der Waals surface area contributed by atoms with Crippen LogP contribution in [-0.4, -0.2) is 30.5 Å². The number of rotatable bonds is 5. The van der Waals surface area contributed by atoms with E-state index < -0.39 is 0 Å². The molecule has 7 heteroatoms. The van der Waals surface area contributed by atoms with Gasteiger partial charge < -0.3 is 15.1 Å². The third-order valence-corrected chi connectivity index (χ3v) is 2.93. The molecule has 0 spiro atoms. The van der Waals surface area contributed by atoms with Gasteiger partial charge in [-0.3, -0.25) is 4.79 Å². The Morgan fingerprint density at radius 1 is 1.29 bits per heavy atom. The molecule has 2 rings (SSSR count). The summed E-state index contributed by atoms with van der Waals surface area (Å²) in [6, 6.07) is 7.49. The molecule has 0 bridgehead atoms. The van der Waals surface area contributed by atoms with Gasteiger partial charge in [-0.2, -0.15) is 0 Å². The summed E-state index contributed by atoms with van der Waals surface area (Å²) < 4.78 is 5.19. The fourth-order valence-electron chi connectivity index (χ4n) is 1.59. The maximum absolute atomic E-state index is 11.9. The molecule has 1 aromatic carbocycles. The molecule has 0 saturated carbocycles. The molecule has 1 unspecified atom stereocenters. The van der Waals surface area contributed by atoms with E-state index in [4.69, 9.17) is 4.42 Å².